The number of nitrogens with zero attached hydrogens (tertiary/aromatic N) is 4. The van der Waals surface area contributed by atoms with E-state index in [0.717, 1.165) is 54.7 Å². The van der Waals surface area contributed by atoms with Crippen molar-refractivity contribution in [1.82, 2.24) is 14.9 Å². The number of benzene rings is 2. The van der Waals surface area contributed by atoms with Crippen LogP contribution in [-0.2, 0) is 4.57 Å². The Morgan fingerprint density at radius 1 is 1.02 bits per heavy atom. The summed E-state index contributed by atoms with van der Waals surface area (Å²) in [5.74, 6) is 3.09. The molecule has 228 valence electrons. The lowest BCUT2D eigenvalue weighted by Crippen LogP contribution is -2.47. The van der Waals surface area contributed by atoms with E-state index >= 15 is 0 Å². The molecule has 4 rings (SSSR count). The second-order valence-corrected chi connectivity index (χ2v) is 15.3. The van der Waals surface area contributed by atoms with Crippen LogP contribution in [0.4, 0.5) is 28.8 Å². The first-order valence-electron chi connectivity index (χ1n) is 15.0. The van der Waals surface area contributed by atoms with Gasteiger partial charge in [0.25, 0.3) is 0 Å². The fourth-order valence-electron chi connectivity index (χ4n) is 5.45. The number of halogens is 1. The van der Waals surface area contributed by atoms with Crippen LogP contribution in [0.25, 0.3) is 0 Å². The highest BCUT2D eigenvalue weighted by Crippen LogP contribution is 2.39. The van der Waals surface area contributed by atoms with E-state index in [-0.39, 0.29) is 0 Å². The van der Waals surface area contributed by atoms with E-state index in [1.807, 2.05) is 30.3 Å². The summed E-state index contributed by atoms with van der Waals surface area (Å²) < 4.78 is 18.6. The molecule has 2 atom stereocenters. The van der Waals surface area contributed by atoms with Gasteiger partial charge in [0.2, 0.25) is 5.95 Å². The molecule has 1 aliphatic heterocycles. The van der Waals surface area contributed by atoms with Crippen molar-refractivity contribution in [3.8, 4) is 5.75 Å². The van der Waals surface area contributed by atoms with E-state index in [0.29, 0.717) is 28.2 Å². The lowest BCUT2D eigenvalue weighted by molar-refractivity contribution is 0.198. The molecule has 10 heteroatoms. The molecule has 0 bridgehead atoms. The van der Waals surface area contributed by atoms with Crippen LogP contribution >= 0.6 is 18.7 Å². The number of methoxy groups -OCH3 is 1. The third-order valence-corrected chi connectivity index (χ3v) is 10.0. The smallest absolute Gasteiger partial charge is 0.229 e. The van der Waals surface area contributed by atoms with Gasteiger partial charge in [-0.15, -0.1) is 0 Å². The van der Waals surface area contributed by atoms with E-state index in [4.69, 9.17) is 16.3 Å². The van der Waals surface area contributed by atoms with Crippen molar-refractivity contribution >= 4 is 52.9 Å². The summed E-state index contributed by atoms with van der Waals surface area (Å²) in [6.45, 7) is 15.8. The van der Waals surface area contributed by atoms with Gasteiger partial charge in [0.05, 0.1) is 24.7 Å². The van der Waals surface area contributed by atoms with Crippen LogP contribution in [0.1, 0.15) is 40.0 Å². The number of aromatic nitrogens is 2. The van der Waals surface area contributed by atoms with Crippen LogP contribution in [-0.4, -0.2) is 68.0 Å². The first-order valence-corrected chi connectivity index (χ1v) is 18.0. The van der Waals surface area contributed by atoms with Gasteiger partial charge >= 0.3 is 0 Å². The molecule has 2 unspecified atom stereocenters. The average Bonchev–Trinajstić information content (AvgIpc) is 2.98. The number of para-hydroxylation sites is 1. The molecule has 1 aliphatic rings. The van der Waals surface area contributed by atoms with E-state index in [1.54, 1.807) is 26.6 Å². The van der Waals surface area contributed by atoms with Crippen LogP contribution in [0.15, 0.2) is 48.7 Å². The van der Waals surface area contributed by atoms with Crippen molar-refractivity contribution in [2.24, 2.45) is 11.8 Å². The predicted octanol–water partition coefficient (Wildman–Crippen LogP) is 7.46. The molecule has 3 aromatic rings. The van der Waals surface area contributed by atoms with E-state index in [1.165, 1.54) is 25.8 Å². The van der Waals surface area contributed by atoms with Crippen molar-refractivity contribution in [1.29, 1.82) is 0 Å². The number of anilines is 5. The van der Waals surface area contributed by atoms with Gasteiger partial charge in [-0.25, -0.2) is 4.98 Å². The van der Waals surface area contributed by atoms with Gasteiger partial charge in [-0.3, -0.25) is 4.90 Å². The minimum Gasteiger partial charge on any atom is -0.494 e. The lowest BCUT2D eigenvalue weighted by atomic mass is 9.91. The number of rotatable bonds is 13. The highest BCUT2D eigenvalue weighted by atomic mass is 35.5. The molecule has 42 heavy (non-hydrogen) atoms. The molecule has 2 N–H and O–H groups in total. The molecular formula is C32H46ClN6O2P. The standard InChI is InChI=1S/C32H46ClN6O2P/c1-7-23(3)19-24(8-2)22-38-15-17-39(18-16-38)25-13-14-27(29(20-25)41-4)36-32-34-21-26(33)31(37-32)35-28-11-9-10-12-30(28)42(5,6)40/h9-14,20-21,23-24H,7-8,15-19,22H2,1-6H3,(H2,34,35,36,37). The number of hydrogen-bond donors (Lipinski definition) is 2. The largest absolute Gasteiger partial charge is 0.494 e. The minimum atomic E-state index is -2.51. The van der Waals surface area contributed by atoms with Crippen molar-refractivity contribution < 1.29 is 9.30 Å². The van der Waals surface area contributed by atoms with Crippen LogP contribution in [0.5, 0.6) is 5.75 Å². The van der Waals surface area contributed by atoms with Gasteiger partial charge in [0, 0.05) is 49.8 Å². The molecule has 0 aliphatic carbocycles. The summed E-state index contributed by atoms with van der Waals surface area (Å²) in [4.78, 5) is 14.0. The first-order chi connectivity index (χ1) is 20.1. The zero-order valence-electron chi connectivity index (χ0n) is 25.9. The highest BCUT2D eigenvalue weighted by molar-refractivity contribution is 7.70. The average molecular weight is 613 g/mol. The summed E-state index contributed by atoms with van der Waals surface area (Å²) in [6.07, 6.45) is 5.37. The molecular weight excluding hydrogens is 567 g/mol. The number of piperazine rings is 1. The Labute approximate surface area is 256 Å². The van der Waals surface area contributed by atoms with Crippen molar-refractivity contribution in [2.45, 2.75) is 40.0 Å². The number of ether oxygens (including phenoxy) is 1. The Bertz CT molecular complexity index is 1370. The number of nitrogens with one attached hydrogen (secondary N) is 2. The van der Waals surface area contributed by atoms with E-state index < -0.39 is 7.14 Å². The zero-order chi connectivity index (χ0) is 30.3. The molecule has 0 saturated carbocycles. The highest BCUT2D eigenvalue weighted by Gasteiger charge is 2.22. The van der Waals surface area contributed by atoms with Gasteiger partial charge in [0.1, 0.15) is 17.9 Å². The molecule has 1 fully saturated rings. The Balaban J connectivity index is 1.43. The Kier molecular flexibility index (Phi) is 11.2. The first kappa shape index (κ1) is 32.1. The SMILES string of the molecule is CCC(C)CC(CC)CN1CCN(c2ccc(Nc3ncc(Cl)c(Nc4ccccc4P(C)(C)=O)n3)c(OC)c2)CC1. The van der Waals surface area contributed by atoms with Crippen LogP contribution in [0.3, 0.4) is 0 Å². The fraction of sp³-hybridized carbons (Fsp3) is 0.500. The van der Waals surface area contributed by atoms with Crippen LogP contribution in [0.2, 0.25) is 5.02 Å². The van der Waals surface area contributed by atoms with Crippen molar-refractivity contribution in [3.05, 3.63) is 53.7 Å². The van der Waals surface area contributed by atoms with Gasteiger partial charge < -0.3 is 24.8 Å². The predicted molar refractivity (Wildman–Crippen MR) is 179 cm³/mol. The Hall–Kier alpha value is -2.80. The number of hydrogen-bond acceptors (Lipinski definition) is 8. The topological polar surface area (TPSA) is 82.6 Å². The summed E-state index contributed by atoms with van der Waals surface area (Å²) in [7, 11) is -0.836. The molecule has 1 saturated heterocycles. The summed E-state index contributed by atoms with van der Waals surface area (Å²) in [6, 6.07) is 13.7. The monoisotopic (exact) mass is 612 g/mol. The van der Waals surface area contributed by atoms with Gasteiger partial charge in [-0.2, -0.15) is 4.98 Å². The molecule has 0 radical (unpaired) electrons. The fourth-order valence-corrected chi connectivity index (χ4v) is 6.75. The van der Waals surface area contributed by atoms with Crippen LogP contribution in [0, 0.1) is 11.8 Å². The van der Waals surface area contributed by atoms with Crippen LogP contribution < -0.4 is 25.6 Å². The molecule has 2 heterocycles. The zero-order valence-corrected chi connectivity index (χ0v) is 27.5. The second kappa shape index (κ2) is 14.6. The summed E-state index contributed by atoms with van der Waals surface area (Å²) >= 11 is 6.44. The van der Waals surface area contributed by atoms with Gasteiger partial charge in [-0.1, -0.05) is 57.3 Å². The molecule has 1 aromatic heterocycles. The minimum absolute atomic E-state index is 0.365. The third kappa shape index (κ3) is 8.40. The quantitative estimate of drug-likeness (QED) is 0.193. The maximum atomic E-state index is 12.8. The normalized spacial score (nSPS) is 15.7. The van der Waals surface area contributed by atoms with Gasteiger partial charge in [-0.05, 0) is 55.9 Å². The Morgan fingerprint density at radius 2 is 1.76 bits per heavy atom. The van der Waals surface area contributed by atoms with Crippen molar-refractivity contribution in [2.75, 3.05) is 68.7 Å². The van der Waals surface area contributed by atoms with E-state index in [9.17, 15) is 4.57 Å². The third-order valence-electron chi connectivity index (χ3n) is 8.18. The maximum absolute atomic E-state index is 12.8. The van der Waals surface area contributed by atoms with Gasteiger partial charge in [0.15, 0.2) is 5.82 Å². The summed E-state index contributed by atoms with van der Waals surface area (Å²) in [5, 5.41) is 7.63. The maximum Gasteiger partial charge on any atom is 0.229 e. The summed E-state index contributed by atoms with van der Waals surface area (Å²) in [5.41, 5.74) is 2.61. The molecule has 2 aromatic carbocycles. The molecule has 0 spiro atoms. The van der Waals surface area contributed by atoms with Crippen molar-refractivity contribution in [3.63, 3.8) is 0 Å². The molecule has 0 amide bonds. The lowest BCUT2D eigenvalue weighted by Gasteiger charge is -2.38. The Morgan fingerprint density at radius 3 is 2.43 bits per heavy atom. The second-order valence-electron chi connectivity index (χ2n) is 11.7. The molecule has 8 nitrogen and oxygen atoms in total. The van der Waals surface area contributed by atoms with E-state index in [2.05, 4.69) is 63.3 Å².